The standard InChI is InChI=1S/C12H17ClN2/c1-10-3-6-15(7-4-10)9-11-2-5-14-8-12(11)13/h2,5,8,10H,3-4,6-7,9H2,1H3. The van der Waals surface area contributed by atoms with E-state index in [1.165, 1.54) is 31.5 Å². The van der Waals surface area contributed by atoms with Crippen LogP contribution < -0.4 is 0 Å². The van der Waals surface area contributed by atoms with E-state index in [1.54, 1.807) is 6.20 Å². The number of hydrogen-bond donors (Lipinski definition) is 0. The fraction of sp³-hybridized carbons (Fsp3) is 0.583. The molecule has 0 aromatic carbocycles. The molecule has 0 amide bonds. The fourth-order valence-electron chi connectivity index (χ4n) is 1.99. The third-order valence-electron chi connectivity index (χ3n) is 3.13. The molecule has 0 bridgehead atoms. The monoisotopic (exact) mass is 224 g/mol. The first-order valence-electron chi connectivity index (χ1n) is 5.56. The molecule has 82 valence electrons. The maximum absolute atomic E-state index is 6.08. The van der Waals surface area contributed by atoms with Gasteiger partial charge in [-0.05, 0) is 43.5 Å². The van der Waals surface area contributed by atoms with Crippen molar-refractivity contribution >= 4 is 11.6 Å². The van der Waals surface area contributed by atoms with Gasteiger partial charge >= 0.3 is 0 Å². The Morgan fingerprint density at radius 3 is 2.87 bits per heavy atom. The Morgan fingerprint density at radius 1 is 1.47 bits per heavy atom. The van der Waals surface area contributed by atoms with Crippen molar-refractivity contribution in [3.63, 3.8) is 0 Å². The zero-order valence-corrected chi connectivity index (χ0v) is 9.87. The molecular weight excluding hydrogens is 208 g/mol. The molecule has 3 heteroatoms. The summed E-state index contributed by atoms with van der Waals surface area (Å²) in [5.41, 5.74) is 1.20. The maximum atomic E-state index is 6.08. The lowest BCUT2D eigenvalue weighted by molar-refractivity contribution is 0.185. The molecule has 1 aromatic rings. The topological polar surface area (TPSA) is 16.1 Å². The minimum Gasteiger partial charge on any atom is -0.299 e. The van der Waals surface area contributed by atoms with Gasteiger partial charge in [-0.25, -0.2) is 0 Å². The van der Waals surface area contributed by atoms with Gasteiger partial charge in [-0.3, -0.25) is 9.88 Å². The van der Waals surface area contributed by atoms with Crippen molar-refractivity contribution in [2.24, 2.45) is 5.92 Å². The molecule has 0 saturated carbocycles. The molecule has 15 heavy (non-hydrogen) atoms. The molecule has 1 aliphatic rings. The van der Waals surface area contributed by atoms with Crippen molar-refractivity contribution in [2.75, 3.05) is 13.1 Å². The average molecular weight is 225 g/mol. The van der Waals surface area contributed by atoms with Crippen molar-refractivity contribution in [3.8, 4) is 0 Å². The molecule has 2 rings (SSSR count). The van der Waals surface area contributed by atoms with Crippen LogP contribution in [-0.2, 0) is 6.54 Å². The van der Waals surface area contributed by atoms with Crippen LogP contribution in [0.3, 0.4) is 0 Å². The first-order chi connectivity index (χ1) is 7.25. The molecule has 0 atom stereocenters. The van der Waals surface area contributed by atoms with Gasteiger partial charge in [-0.15, -0.1) is 0 Å². The second-order valence-corrected chi connectivity index (χ2v) is 4.83. The highest BCUT2D eigenvalue weighted by Gasteiger charge is 2.16. The molecule has 1 aliphatic heterocycles. The highest BCUT2D eigenvalue weighted by atomic mass is 35.5. The lowest BCUT2D eigenvalue weighted by atomic mass is 9.99. The third-order valence-corrected chi connectivity index (χ3v) is 3.47. The Labute approximate surface area is 96.3 Å². The summed E-state index contributed by atoms with van der Waals surface area (Å²) in [6, 6.07) is 2.01. The second-order valence-electron chi connectivity index (χ2n) is 4.43. The highest BCUT2D eigenvalue weighted by Crippen LogP contribution is 2.20. The van der Waals surface area contributed by atoms with Gasteiger partial charge in [-0.1, -0.05) is 18.5 Å². The second kappa shape index (κ2) is 4.95. The van der Waals surface area contributed by atoms with Crippen molar-refractivity contribution in [2.45, 2.75) is 26.3 Å². The largest absolute Gasteiger partial charge is 0.299 e. The summed E-state index contributed by atoms with van der Waals surface area (Å²) in [6.07, 6.45) is 6.16. The maximum Gasteiger partial charge on any atom is 0.0634 e. The summed E-state index contributed by atoms with van der Waals surface area (Å²) in [4.78, 5) is 6.47. The zero-order valence-electron chi connectivity index (χ0n) is 9.12. The molecule has 0 aliphatic carbocycles. The summed E-state index contributed by atoms with van der Waals surface area (Å²) in [5, 5.41) is 0.788. The molecule has 2 heterocycles. The first kappa shape index (κ1) is 10.9. The van der Waals surface area contributed by atoms with Crippen LogP contribution in [0.5, 0.6) is 0 Å². The SMILES string of the molecule is CC1CCN(Cc2ccncc2Cl)CC1. The smallest absolute Gasteiger partial charge is 0.0634 e. The number of hydrogen-bond acceptors (Lipinski definition) is 2. The molecule has 1 aromatic heterocycles. The third kappa shape index (κ3) is 2.93. The van der Waals surface area contributed by atoms with E-state index in [0.717, 1.165) is 17.5 Å². The van der Waals surface area contributed by atoms with E-state index in [0.29, 0.717) is 0 Å². The highest BCUT2D eigenvalue weighted by molar-refractivity contribution is 6.31. The van der Waals surface area contributed by atoms with Crippen LogP contribution in [0.15, 0.2) is 18.5 Å². The van der Waals surface area contributed by atoms with Gasteiger partial charge < -0.3 is 0 Å². The van der Waals surface area contributed by atoms with Crippen LogP contribution in [0.4, 0.5) is 0 Å². The lowest BCUT2D eigenvalue weighted by Gasteiger charge is -2.30. The van der Waals surface area contributed by atoms with Gasteiger partial charge in [0, 0.05) is 18.9 Å². The van der Waals surface area contributed by atoms with E-state index in [-0.39, 0.29) is 0 Å². The molecule has 0 N–H and O–H groups in total. The normalized spacial score (nSPS) is 19.3. The van der Waals surface area contributed by atoms with Crippen LogP contribution in [0.2, 0.25) is 5.02 Å². The van der Waals surface area contributed by atoms with E-state index >= 15 is 0 Å². The van der Waals surface area contributed by atoms with E-state index < -0.39 is 0 Å². The molecule has 1 saturated heterocycles. The quantitative estimate of drug-likeness (QED) is 0.768. The molecule has 2 nitrogen and oxygen atoms in total. The molecule has 0 unspecified atom stereocenters. The number of aromatic nitrogens is 1. The van der Waals surface area contributed by atoms with Crippen LogP contribution in [0.1, 0.15) is 25.3 Å². The van der Waals surface area contributed by atoms with E-state index in [1.807, 2.05) is 12.3 Å². The van der Waals surface area contributed by atoms with Gasteiger partial charge in [0.05, 0.1) is 5.02 Å². The van der Waals surface area contributed by atoms with Gasteiger partial charge in [-0.2, -0.15) is 0 Å². The van der Waals surface area contributed by atoms with Gasteiger partial charge in [0.1, 0.15) is 0 Å². The van der Waals surface area contributed by atoms with Crippen LogP contribution in [0.25, 0.3) is 0 Å². The minimum absolute atomic E-state index is 0.788. The van der Waals surface area contributed by atoms with Crippen LogP contribution in [0, 0.1) is 5.92 Å². The fourth-order valence-corrected chi connectivity index (χ4v) is 2.17. The van der Waals surface area contributed by atoms with Crippen molar-refractivity contribution < 1.29 is 0 Å². The number of piperidine rings is 1. The van der Waals surface area contributed by atoms with Crippen LogP contribution >= 0.6 is 11.6 Å². The number of rotatable bonds is 2. The van der Waals surface area contributed by atoms with E-state index in [9.17, 15) is 0 Å². The van der Waals surface area contributed by atoms with Crippen LogP contribution in [-0.4, -0.2) is 23.0 Å². The number of nitrogens with zero attached hydrogens (tertiary/aromatic N) is 2. The summed E-state index contributed by atoms with van der Waals surface area (Å²) in [6.45, 7) is 5.68. The lowest BCUT2D eigenvalue weighted by Crippen LogP contribution is -2.32. The van der Waals surface area contributed by atoms with Gasteiger partial charge in [0.2, 0.25) is 0 Å². The Balaban J connectivity index is 1.95. The predicted octanol–water partition coefficient (Wildman–Crippen LogP) is 2.97. The van der Waals surface area contributed by atoms with Crippen molar-refractivity contribution in [1.82, 2.24) is 9.88 Å². The molecule has 0 spiro atoms. The number of halogens is 1. The summed E-state index contributed by atoms with van der Waals surface area (Å²) >= 11 is 6.08. The summed E-state index contributed by atoms with van der Waals surface area (Å²) in [7, 11) is 0. The molecule has 0 radical (unpaired) electrons. The molecular formula is C12H17ClN2. The Hall–Kier alpha value is -0.600. The Bertz CT molecular complexity index is 319. The van der Waals surface area contributed by atoms with Gasteiger partial charge in [0.25, 0.3) is 0 Å². The van der Waals surface area contributed by atoms with E-state index in [2.05, 4.69) is 16.8 Å². The van der Waals surface area contributed by atoms with Crippen molar-refractivity contribution in [1.29, 1.82) is 0 Å². The minimum atomic E-state index is 0.788. The van der Waals surface area contributed by atoms with Gasteiger partial charge in [0.15, 0.2) is 0 Å². The first-order valence-corrected chi connectivity index (χ1v) is 5.94. The average Bonchev–Trinajstić information content (AvgIpc) is 2.25. The van der Waals surface area contributed by atoms with Crippen molar-refractivity contribution in [3.05, 3.63) is 29.0 Å². The zero-order chi connectivity index (χ0) is 10.7. The van der Waals surface area contributed by atoms with E-state index in [4.69, 9.17) is 11.6 Å². The number of likely N-dealkylation sites (tertiary alicyclic amines) is 1. The summed E-state index contributed by atoms with van der Waals surface area (Å²) < 4.78 is 0. The number of pyridine rings is 1. The Kier molecular flexibility index (Phi) is 3.60. The molecule has 1 fully saturated rings. The Morgan fingerprint density at radius 2 is 2.20 bits per heavy atom. The predicted molar refractivity (Wildman–Crippen MR) is 62.9 cm³/mol. The summed E-state index contributed by atoms with van der Waals surface area (Å²) in [5.74, 6) is 0.883.